The first-order valence-electron chi connectivity index (χ1n) is 18.7. The molecule has 0 bridgehead atoms. The Morgan fingerprint density at radius 3 is 2.00 bits per heavy atom. The summed E-state index contributed by atoms with van der Waals surface area (Å²) in [6.07, 6.45) is 6.72. The van der Waals surface area contributed by atoms with E-state index in [1.165, 1.54) is 17.0 Å². The van der Waals surface area contributed by atoms with Gasteiger partial charge in [-0.15, -0.1) is 4.68 Å². The summed E-state index contributed by atoms with van der Waals surface area (Å²) >= 11 is 0. The lowest BCUT2D eigenvalue weighted by molar-refractivity contribution is -0.689. The van der Waals surface area contributed by atoms with Crippen LogP contribution < -0.4 is 14.0 Å². The van der Waals surface area contributed by atoms with E-state index < -0.39 is 11.6 Å². The second-order valence-corrected chi connectivity index (χ2v) is 13.9. The molecule has 8 nitrogen and oxygen atoms in total. The Balaban J connectivity index is 0.979. The van der Waals surface area contributed by atoms with E-state index >= 15 is 0 Å². The van der Waals surface area contributed by atoms with Gasteiger partial charge in [0.15, 0.2) is 0 Å². The number of carbonyl (C=O) groups is 2. The fourth-order valence-electron chi connectivity index (χ4n) is 7.35. The molecule has 1 aliphatic heterocycles. The summed E-state index contributed by atoms with van der Waals surface area (Å²) in [7, 11) is 3.31. The minimum absolute atomic E-state index is 0.218. The van der Waals surface area contributed by atoms with Crippen LogP contribution in [0.25, 0.3) is 33.5 Å². The first kappa shape index (κ1) is 37.0. The SMILES string of the molecule is COc1ccc(C(=Cc2ccc(-c3ccc4c5c(cccc35)C(=O)N(CCCCn3c[n+](Cc5ccc(F)cc5F)cn3)C4=O)cc2)c2ccc(OC)cc2)cc1. The normalized spacial score (nSPS) is 12.2. The minimum atomic E-state index is -0.620. The molecule has 0 radical (unpaired) electrons. The number of benzene rings is 6. The summed E-state index contributed by atoms with van der Waals surface area (Å²) in [6.45, 7) is 1.03. The van der Waals surface area contributed by atoms with Gasteiger partial charge in [0.25, 0.3) is 18.1 Å². The van der Waals surface area contributed by atoms with Crippen molar-refractivity contribution in [1.29, 1.82) is 0 Å². The van der Waals surface area contributed by atoms with Crippen molar-refractivity contribution >= 4 is 34.2 Å². The Labute approximate surface area is 328 Å². The molecule has 1 aromatic heterocycles. The van der Waals surface area contributed by atoms with Crippen molar-refractivity contribution in [2.24, 2.45) is 0 Å². The van der Waals surface area contributed by atoms with E-state index in [0.717, 1.165) is 56.3 Å². The van der Waals surface area contributed by atoms with E-state index in [0.29, 0.717) is 41.5 Å². The fourth-order valence-corrected chi connectivity index (χ4v) is 7.35. The summed E-state index contributed by atoms with van der Waals surface area (Å²) < 4.78 is 41.6. The number of halogens is 2. The number of nitrogens with zero attached hydrogens (tertiary/aromatic N) is 4. The summed E-state index contributed by atoms with van der Waals surface area (Å²) in [5.41, 5.74) is 7.42. The molecule has 284 valence electrons. The highest BCUT2D eigenvalue weighted by Gasteiger charge is 2.33. The summed E-state index contributed by atoms with van der Waals surface area (Å²) in [6, 6.07) is 37.2. The van der Waals surface area contributed by atoms with Gasteiger partial charge in [0.05, 0.1) is 20.8 Å². The van der Waals surface area contributed by atoms with Crippen LogP contribution in [0.3, 0.4) is 0 Å². The zero-order chi connectivity index (χ0) is 39.5. The van der Waals surface area contributed by atoms with Gasteiger partial charge in [-0.1, -0.05) is 66.7 Å². The van der Waals surface area contributed by atoms with Gasteiger partial charge in [0, 0.05) is 39.8 Å². The van der Waals surface area contributed by atoms with E-state index in [9.17, 15) is 18.4 Å². The molecule has 0 saturated heterocycles. The van der Waals surface area contributed by atoms with Gasteiger partial charge in [-0.25, -0.2) is 13.3 Å². The van der Waals surface area contributed by atoms with Crippen LogP contribution in [-0.2, 0) is 13.1 Å². The molecule has 10 heteroatoms. The Bertz CT molecular complexity index is 2560. The highest BCUT2D eigenvalue weighted by atomic mass is 19.1. The quantitative estimate of drug-likeness (QED) is 0.0508. The lowest BCUT2D eigenvalue weighted by atomic mass is 9.88. The first-order chi connectivity index (χ1) is 27.8. The van der Waals surface area contributed by atoms with Gasteiger partial charge in [-0.3, -0.25) is 14.5 Å². The van der Waals surface area contributed by atoms with Crippen LogP contribution >= 0.6 is 0 Å². The van der Waals surface area contributed by atoms with E-state index in [1.54, 1.807) is 42.2 Å². The van der Waals surface area contributed by atoms with Gasteiger partial charge in [0.1, 0.15) is 29.7 Å². The van der Waals surface area contributed by atoms with E-state index in [1.807, 2.05) is 72.8 Å². The standard InChI is InChI=1S/C47H39F2N4O4/c1-56-37-18-13-33(14-19-37)43(34-15-20-38(57-2)21-16-34)26-31-8-10-32(11-9-31)39-22-23-42-45-40(39)6-5-7-41(45)46(54)53(47(42)55)25-4-3-24-52-30-51(29-50-52)28-35-12-17-36(48)27-44(35)49/h5-23,26-27,29-30H,3-4,24-25,28H2,1-2H3/q+1. The maximum absolute atomic E-state index is 14.1. The summed E-state index contributed by atoms with van der Waals surface area (Å²) in [4.78, 5) is 29.0. The van der Waals surface area contributed by atoms with Gasteiger partial charge in [-0.05, 0) is 106 Å². The third kappa shape index (κ3) is 7.66. The van der Waals surface area contributed by atoms with Gasteiger partial charge >= 0.3 is 0 Å². The second-order valence-electron chi connectivity index (χ2n) is 13.9. The molecule has 0 atom stereocenters. The average Bonchev–Trinajstić information content (AvgIpc) is 3.69. The molecule has 6 aromatic carbocycles. The Hall–Kier alpha value is -6.94. The number of aromatic nitrogens is 3. The molecule has 0 unspecified atom stereocenters. The number of hydrogen-bond donors (Lipinski definition) is 0. The Morgan fingerprint density at radius 2 is 1.35 bits per heavy atom. The maximum atomic E-state index is 14.1. The molecule has 57 heavy (non-hydrogen) atoms. The predicted molar refractivity (Wildman–Crippen MR) is 215 cm³/mol. The minimum Gasteiger partial charge on any atom is -0.497 e. The number of ether oxygens (including phenoxy) is 2. The lowest BCUT2D eigenvalue weighted by Crippen LogP contribution is -2.41. The van der Waals surface area contributed by atoms with E-state index in [2.05, 4.69) is 35.4 Å². The maximum Gasteiger partial charge on any atom is 0.265 e. The highest BCUT2D eigenvalue weighted by molar-refractivity contribution is 6.27. The molecule has 2 heterocycles. The van der Waals surface area contributed by atoms with Crippen molar-refractivity contribution in [3.63, 3.8) is 0 Å². The molecule has 0 saturated carbocycles. The molecular weight excluding hydrogens is 723 g/mol. The number of imide groups is 1. The van der Waals surface area contributed by atoms with Crippen LogP contribution in [0.1, 0.15) is 55.8 Å². The van der Waals surface area contributed by atoms with Crippen molar-refractivity contribution in [2.45, 2.75) is 25.9 Å². The Morgan fingerprint density at radius 1 is 0.719 bits per heavy atom. The fraction of sp³-hybridized carbons (Fsp3) is 0.149. The van der Waals surface area contributed by atoms with Crippen LogP contribution in [-0.4, -0.2) is 47.3 Å². The van der Waals surface area contributed by atoms with Gasteiger partial charge in [0.2, 0.25) is 6.33 Å². The number of hydrogen-bond acceptors (Lipinski definition) is 5. The zero-order valence-electron chi connectivity index (χ0n) is 31.5. The molecule has 0 fully saturated rings. The van der Waals surface area contributed by atoms with Crippen molar-refractivity contribution in [1.82, 2.24) is 14.7 Å². The number of aryl methyl sites for hydroxylation is 1. The van der Waals surface area contributed by atoms with Crippen LogP contribution in [0.2, 0.25) is 0 Å². The van der Waals surface area contributed by atoms with Crippen molar-refractivity contribution < 1.29 is 32.4 Å². The zero-order valence-corrected chi connectivity index (χ0v) is 31.5. The molecule has 0 aliphatic carbocycles. The summed E-state index contributed by atoms with van der Waals surface area (Å²) in [5.74, 6) is -0.273. The molecular formula is C47H39F2N4O4+. The molecule has 1 aliphatic rings. The number of rotatable bonds is 13. The number of unbranched alkanes of at least 4 members (excludes halogenated alkanes) is 1. The second kappa shape index (κ2) is 16.0. The largest absolute Gasteiger partial charge is 0.497 e. The smallest absolute Gasteiger partial charge is 0.265 e. The lowest BCUT2D eigenvalue weighted by Gasteiger charge is -2.27. The molecule has 8 rings (SSSR count). The molecule has 0 N–H and O–H groups in total. The monoisotopic (exact) mass is 761 g/mol. The number of methoxy groups -OCH3 is 2. The summed E-state index contributed by atoms with van der Waals surface area (Å²) in [5, 5.41) is 5.86. The first-order valence-corrected chi connectivity index (χ1v) is 18.7. The number of amides is 2. The third-order valence-corrected chi connectivity index (χ3v) is 10.3. The third-order valence-electron chi connectivity index (χ3n) is 10.3. The van der Waals surface area contributed by atoms with Crippen molar-refractivity contribution in [3.8, 4) is 22.6 Å². The van der Waals surface area contributed by atoms with E-state index in [4.69, 9.17) is 9.47 Å². The van der Waals surface area contributed by atoms with Gasteiger partial charge < -0.3 is 9.47 Å². The number of carbonyl (C=O) groups excluding carboxylic acids is 2. The molecule has 7 aromatic rings. The predicted octanol–water partition coefficient (Wildman–Crippen LogP) is 9.00. The van der Waals surface area contributed by atoms with Crippen LogP contribution in [0, 0.1) is 11.6 Å². The van der Waals surface area contributed by atoms with Crippen LogP contribution in [0.4, 0.5) is 8.78 Å². The average molecular weight is 762 g/mol. The molecule has 0 spiro atoms. The van der Waals surface area contributed by atoms with Crippen molar-refractivity contribution in [2.75, 3.05) is 20.8 Å². The topological polar surface area (TPSA) is 77.5 Å². The van der Waals surface area contributed by atoms with Crippen LogP contribution in [0.15, 0.2) is 134 Å². The van der Waals surface area contributed by atoms with Crippen LogP contribution in [0.5, 0.6) is 11.5 Å². The highest BCUT2D eigenvalue weighted by Crippen LogP contribution is 2.37. The Kier molecular flexibility index (Phi) is 10.4. The van der Waals surface area contributed by atoms with E-state index in [-0.39, 0.29) is 24.9 Å². The van der Waals surface area contributed by atoms with Gasteiger partial charge in [-0.2, -0.15) is 0 Å². The van der Waals surface area contributed by atoms with Crippen molar-refractivity contribution in [3.05, 3.63) is 179 Å². The molecule has 2 amide bonds.